The van der Waals surface area contributed by atoms with Gasteiger partial charge in [0.2, 0.25) is 0 Å². The van der Waals surface area contributed by atoms with Crippen LogP contribution in [0.4, 0.5) is 0 Å². The van der Waals surface area contributed by atoms with Gasteiger partial charge in [0.15, 0.2) is 0 Å². The zero-order valence-electron chi connectivity index (χ0n) is 6.56. The molecule has 8 heteroatoms. The van der Waals surface area contributed by atoms with Crippen molar-refractivity contribution >= 4 is 25.6 Å². The molecule has 7 nitrogen and oxygen atoms in total. The normalized spacial score (nSPS) is 7.71. The van der Waals surface area contributed by atoms with Crippen molar-refractivity contribution < 1.29 is 39.6 Å². The third-order valence-corrected chi connectivity index (χ3v) is 7.40. The summed E-state index contributed by atoms with van der Waals surface area (Å²) in [7, 11) is -7.38. The van der Waals surface area contributed by atoms with Gasteiger partial charge in [0, 0.05) is 0 Å². The second-order valence-corrected chi connectivity index (χ2v) is 12.0. The Kier molecular flexibility index (Phi) is 3.26. The van der Waals surface area contributed by atoms with Gasteiger partial charge in [-0.1, -0.05) is 0 Å². The Morgan fingerprint density at radius 1 is 0.500 bits per heavy atom. The van der Waals surface area contributed by atoms with Crippen LogP contribution in [0.5, 0.6) is 0 Å². The summed E-state index contributed by atoms with van der Waals surface area (Å²) in [5.41, 5.74) is 0. The molecule has 0 saturated heterocycles. The van der Waals surface area contributed by atoms with Crippen LogP contribution in [-0.4, -0.2) is 25.6 Å². The maximum atomic E-state index is 10.3. The van der Waals surface area contributed by atoms with Crippen LogP contribution >= 0.6 is 0 Å². The van der Waals surface area contributed by atoms with Crippen LogP contribution in [0.2, 0.25) is 0 Å². The molecule has 0 radical (unpaired) electrons. The van der Waals surface area contributed by atoms with Gasteiger partial charge in [-0.25, -0.2) is 0 Å². The quantitative estimate of drug-likeness (QED) is 0.496. The summed E-state index contributed by atoms with van der Waals surface area (Å²) in [5, 5.41) is 0. The molecule has 0 aromatic heterocycles. The van der Waals surface area contributed by atoms with Gasteiger partial charge in [-0.3, -0.25) is 0 Å². The monoisotopic (exact) mass is 283 g/mol. The summed E-state index contributed by atoms with van der Waals surface area (Å²) < 4.78 is 3.07. The molecule has 0 aliphatic rings. The van der Waals surface area contributed by atoms with Crippen molar-refractivity contribution in [3.63, 3.8) is 0 Å². The molecule has 0 heterocycles. The third kappa shape index (κ3) is 1.07. The zero-order valence-corrected chi connectivity index (χ0v) is 8.57. The first kappa shape index (κ1) is 14.6. The molecule has 0 rings (SSSR count). The van der Waals surface area contributed by atoms with Gasteiger partial charge >= 0.3 is 65.2 Å². The summed E-state index contributed by atoms with van der Waals surface area (Å²) in [5.74, 6) is 0. The molecule has 0 atom stereocenters. The molecule has 0 spiro atoms. The maximum absolute atomic E-state index is 10.3. The van der Waals surface area contributed by atoms with Crippen molar-refractivity contribution in [2.24, 2.45) is 0 Å². The van der Waals surface area contributed by atoms with E-state index in [0.29, 0.717) is 25.6 Å². The summed E-state index contributed by atoms with van der Waals surface area (Å²) in [6, 6.07) is 0. The summed E-state index contributed by atoms with van der Waals surface area (Å²) >= 11 is 0. The van der Waals surface area contributed by atoms with E-state index in [1.807, 2.05) is 0 Å². The third-order valence-electron chi connectivity index (χ3n) is 1.25. The Hall–Kier alpha value is -1.87. The van der Waals surface area contributed by atoms with Crippen LogP contribution in [0.1, 0.15) is 0 Å². The first-order valence-electron chi connectivity index (χ1n) is 2.45. The van der Waals surface area contributed by atoms with Crippen molar-refractivity contribution in [1.82, 2.24) is 6.15 Å². The van der Waals surface area contributed by atoms with Crippen molar-refractivity contribution in [1.29, 1.82) is 0 Å². The minimum absolute atomic E-state index is 0. The average Bonchev–Trinajstić information content (AvgIpc) is 2.26. The van der Waals surface area contributed by atoms with Crippen LogP contribution in [0, 0.1) is 0 Å². The molecule has 0 bridgehead atoms. The Morgan fingerprint density at radius 3 is 0.643 bits per heavy atom. The van der Waals surface area contributed by atoms with E-state index in [-0.39, 0.29) is 6.15 Å². The molecule has 0 amide bonds. The number of carbonyl (C=O) groups excluding carboxylic acids is 6. The van der Waals surface area contributed by atoms with E-state index in [9.17, 15) is 28.8 Å². The molecule has 3 N–H and O–H groups in total. The van der Waals surface area contributed by atoms with E-state index in [4.69, 9.17) is 0 Å². The van der Waals surface area contributed by atoms with Gasteiger partial charge in [0.1, 0.15) is 0 Å². The van der Waals surface area contributed by atoms with E-state index < -0.39 is 10.8 Å². The Bertz CT molecular complexity index is 791. The summed E-state index contributed by atoms with van der Waals surface area (Å²) in [4.78, 5) is 61.6. The fourth-order valence-electron chi connectivity index (χ4n) is 0.255. The van der Waals surface area contributed by atoms with Gasteiger partial charge < -0.3 is 6.15 Å². The fraction of sp³-hybridized carbons (Fsp3) is 0. The van der Waals surface area contributed by atoms with Crippen molar-refractivity contribution in [3.8, 4) is 0 Å². The van der Waals surface area contributed by atoms with Crippen LogP contribution in [0.3, 0.4) is 0 Å². The Morgan fingerprint density at radius 2 is 0.643 bits per heavy atom. The zero-order chi connectivity index (χ0) is 10.7. The first-order valence-corrected chi connectivity index (χ1v) is 8.47. The Balaban J connectivity index is 0. The van der Waals surface area contributed by atoms with Gasteiger partial charge in [-0.2, -0.15) is 0 Å². The number of rotatable bonds is 0. The van der Waals surface area contributed by atoms with Gasteiger partial charge in [-0.15, -0.1) is 0 Å². The summed E-state index contributed by atoms with van der Waals surface area (Å²) in [6.07, 6.45) is 0. The standard InChI is InChI=1S/6CO.Mo.H3N/c6*1-2;;/h;;;;;;;1H3. The van der Waals surface area contributed by atoms with E-state index in [1.165, 1.54) is 0 Å². The van der Waals surface area contributed by atoms with E-state index in [0.717, 1.165) is 0 Å². The van der Waals surface area contributed by atoms with Crippen molar-refractivity contribution in [2.75, 3.05) is 0 Å². The number of hydrogen-bond donors (Lipinski definition) is 1. The van der Waals surface area contributed by atoms with E-state index in [2.05, 4.69) is 0 Å². The Labute approximate surface area is 71.7 Å². The fourth-order valence-corrected chi connectivity index (χ4v) is 1.51. The predicted octanol–water partition coefficient (Wildman–Crippen LogP) is -2.22. The van der Waals surface area contributed by atoms with Crippen molar-refractivity contribution in [3.05, 3.63) is 0 Å². The number of hydrogen-bond acceptors (Lipinski definition) is 7. The molecule has 0 aromatic carbocycles. The van der Waals surface area contributed by atoms with Gasteiger partial charge in [0.05, 0.1) is 0 Å². The second-order valence-electron chi connectivity index (χ2n) is 2.03. The minimum atomic E-state index is -7.38. The summed E-state index contributed by atoms with van der Waals surface area (Å²) in [6.45, 7) is 0. The van der Waals surface area contributed by atoms with Crippen LogP contribution in [0.15, 0.2) is 0 Å². The van der Waals surface area contributed by atoms with Crippen LogP contribution in [-0.2, 0) is 39.6 Å². The van der Waals surface area contributed by atoms with E-state index >= 15 is 0 Å². The molecule has 0 fully saturated rings. The van der Waals surface area contributed by atoms with Crippen LogP contribution in [0.25, 0.3) is 0 Å². The molecule has 0 aliphatic heterocycles. The molecule has 14 heavy (non-hydrogen) atoms. The molecular formula is C6H3MoNO6. The SMILES string of the molecule is N.O=[C]=[Mo](=[C]=O)(=[C]=O)(=[C]=O)(=[C]=O)=[C]=O. The molecule has 0 aliphatic carbocycles. The van der Waals surface area contributed by atoms with E-state index in [1.54, 1.807) is 0 Å². The second kappa shape index (κ2) is 3.12. The topological polar surface area (TPSA) is 137 Å². The predicted molar refractivity (Wildman–Crippen MR) is 39.2 cm³/mol. The van der Waals surface area contributed by atoms with Crippen molar-refractivity contribution in [2.45, 2.75) is 0 Å². The molecule has 0 aromatic rings. The van der Waals surface area contributed by atoms with Gasteiger partial charge in [-0.05, 0) is 0 Å². The molecule has 0 unspecified atom stereocenters. The molecular weight excluding hydrogens is 278 g/mol. The average molecular weight is 281 g/mol. The first-order chi connectivity index (χ1) is 5.97. The molecule has 0 saturated carbocycles. The van der Waals surface area contributed by atoms with Gasteiger partial charge in [0.25, 0.3) is 0 Å². The van der Waals surface area contributed by atoms with Crippen LogP contribution < -0.4 is 6.15 Å². The molecule has 74 valence electrons.